The molecule has 0 radical (unpaired) electrons. The summed E-state index contributed by atoms with van der Waals surface area (Å²) in [6, 6.07) is 7.90. The third-order valence-electron chi connectivity index (χ3n) is 3.21. The van der Waals surface area contributed by atoms with Gasteiger partial charge in [-0.05, 0) is 24.6 Å². The number of methoxy groups -OCH3 is 2. The first-order valence-electron chi connectivity index (χ1n) is 6.56. The second-order valence-corrected chi connectivity index (χ2v) is 4.96. The summed E-state index contributed by atoms with van der Waals surface area (Å²) in [5.41, 5.74) is 1.94. The van der Waals surface area contributed by atoms with Gasteiger partial charge in [0.2, 0.25) is 11.8 Å². The molecule has 0 aliphatic rings. The Labute approximate surface area is 129 Å². The molecular formula is C15H18ClN3O2. The zero-order chi connectivity index (χ0) is 15.2. The Morgan fingerprint density at radius 3 is 2.19 bits per heavy atom. The largest absolute Gasteiger partial charge is 0.481 e. The molecule has 2 rings (SSSR count). The van der Waals surface area contributed by atoms with Gasteiger partial charge < -0.3 is 14.8 Å². The number of nitrogens with zero attached hydrogens (tertiary/aromatic N) is 2. The van der Waals surface area contributed by atoms with Crippen LogP contribution in [-0.2, 0) is 6.54 Å². The Morgan fingerprint density at radius 1 is 1.10 bits per heavy atom. The summed E-state index contributed by atoms with van der Waals surface area (Å²) in [6.45, 7) is 2.61. The fourth-order valence-electron chi connectivity index (χ4n) is 2.01. The summed E-state index contributed by atoms with van der Waals surface area (Å²) in [5, 5.41) is 4.13. The predicted octanol–water partition coefficient (Wildman–Crippen LogP) is 3.00. The molecular weight excluding hydrogens is 290 g/mol. The van der Waals surface area contributed by atoms with Gasteiger partial charge in [-0.15, -0.1) is 0 Å². The van der Waals surface area contributed by atoms with Gasteiger partial charge in [0.1, 0.15) is 6.33 Å². The van der Waals surface area contributed by atoms with Crippen LogP contribution in [0.3, 0.4) is 0 Å². The van der Waals surface area contributed by atoms with Crippen molar-refractivity contribution < 1.29 is 9.47 Å². The number of nitrogens with one attached hydrogen (secondary N) is 1. The first-order valence-corrected chi connectivity index (χ1v) is 6.94. The third kappa shape index (κ3) is 3.83. The summed E-state index contributed by atoms with van der Waals surface area (Å²) in [6.07, 6.45) is 1.42. The molecule has 5 nitrogen and oxygen atoms in total. The average molecular weight is 308 g/mol. The second-order valence-electron chi connectivity index (χ2n) is 4.52. The lowest BCUT2D eigenvalue weighted by Crippen LogP contribution is -2.19. The van der Waals surface area contributed by atoms with Gasteiger partial charge in [-0.3, -0.25) is 0 Å². The molecule has 0 spiro atoms. The quantitative estimate of drug-likeness (QED) is 0.889. The first kappa shape index (κ1) is 15.5. The molecule has 0 saturated carbocycles. The Balaban J connectivity index is 2.10. The molecule has 0 unspecified atom stereocenters. The minimum atomic E-state index is 0.150. The maximum atomic E-state index is 5.90. The van der Waals surface area contributed by atoms with Crippen molar-refractivity contribution in [2.45, 2.75) is 19.5 Å². The number of benzene rings is 1. The molecule has 6 heteroatoms. The monoisotopic (exact) mass is 307 g/mol. The summed E-state index contributed by atoms with van der Waals surface area (Å²) in [5.74, 6) is 1.02. The second kappa shape index (κ2) is 7.24. The van der Waals surface area contributed by atoms with E-state index in [9.17, 15) is 0 Å². The highest BCUT2D eigenvalue weighted by atomic mass is 35.5. The van der Waals surface area contributed by atoms with Gasteiger partial charge in [-0.2, -0.15) is 0 Å². The van der Waals surface area contributed by atoms with Gasteiger partial charge in [0.15, 0.2) is 0 Å². The molecule has 0 amide bonds. The number of aromatic nitrogens is 2. The van der Waals surface area contributed by atoms with Crippen molar-refractivity contribution in [1.82, 2.24) is 15.3 Å². The zero-order valence-electron chi connectivity index (χ0n) is 12.3. The van der Waals surface area contributed by atoms with Gasteiger partial charge in [-0.25, -0.2) is 9.97 Å². The fourth-order valence-corrected chi connectivity index (χ4v) is 2.13. The van der Waals surface area contributed by atoms with Crippen LogP contribution < -0.4 is 14.8 Å². The summed E-state index contributed by atoms with van der Waals surface area (Å²) in [7, 11) is 3.15. The van der Waals surface area contributed by atoms with E-state index in [2.05, 4.69) is 22.2 Å². The third-order valence-corrected chi connectivity index (χ3v) is 3.46. The normalized spacial score (nSPS) is 12.0. The van der Waals surface area contributed by atoms with E-state index in [-0.39, 0.29) is 6.04 Å². The number of rotatable bonds is 6. The Kier molecular flexibility index (Phi) is 5.36. The molecule has 0 bridgehead atoms. The van der Waals surface area contributed by atoms with Crippen molar-refractivity contribution in [3.63, 3.8) is 0 Å². The van der Waals surface area contributed by atoms with Crippen LogP contribution in [0, 0.1) is 0 Å². The molecule has 1 aromatic heterocycles. The number of hydrogen-bond donors (Lipinski definition) is 1. The highest BCUT2D eigenvalue weighted by molar-refractivity contribution is 6.30. The molecule has 0 saturated heterocycles. The van der Waals surface area contributed by atoms with E-state index in [1.54, 1.807) is 14.2 Å². The van der Waals surface area contributed by atoms with Crippen LogP contribution >= 0.6 is 11.6 Å². The van der Waals surface area contributed by atoms with E-state index >= 15 is 0 Å². The lowest BCUT2D eigenvalue weighted by Gasteiger charge is -2.16. The SMILES string of the molecule is COc1ncnc(OC)c1CN[C@@H](C)c1ccc(Cl)cc1. The molecule has 1 heterocycles. The molecule has 1 N–H and O–H groups in total. The van der Waals surface area contributed by atoms with Gasteiger partial charge in [-0.1, -0.05) is 23.7 Å². The maximum absolute atomic E-state index is 5.90. The Bertz CT molecular complexity index is 568. The van der Waals surface area contributed by atoms with E-state index in [0.29, 0.717) is 18.3 Å². The van der Waals surface area contributed by atoms with Crippen molar-refractivity contribution in [1.29, 1.82) is 0 Å². The van der Waals surface area contributed by atoms with Gasteiger partial charge >= 0.3 is 0 Å². The summed E-state index contributed by atoms with van der Waals surface area (Å²) in [4.78, 5) is 8.19. The van der Waals surface area contributed by atoms with Crippen LogP contribution in [0.5, 0.6) is 11.8 Å². The fraction of sp³-hybridized carbons (Fsp3) is 0.333. The van der Waals surface area contributed by atoms with Crippen LogP contribution in [0.4, 0.5) is 0 Å². The van der Waals surface area contributed by atoms with E-state index in [4.69, 9.17) is 21.1 Å². The Hall–Kier alpha value is -1.85. The van der Waals surface area contributed by atoms with Crippen LogP contribution in [0.2, 0.25) is 5.02 Å². The Morgan fingerprint density at radius 2 is 1.67 bits per heavy atom. The lowest BCUT2D eigenvalue weighted by molar-refractivity contribution is 0.357. The molecule has 0 fully saturated rings. The van der Waals surface area contributed by atoms with Crippen LogP contribution in [0.1, 0.15) is 24.1 Å². The minimum Gasteiger partial charge on any atom is -0.481 e. The smallest absolute Gasteiger partial charge is 0.224 e. The molecule has 21 heavy (non-hydrogen) atoms. The van der Waals surface area contributed by atoms with E-state index in [0.717, 1.165) is 16.1 Å². The van der Waals surface area contributed by atoms with E-state index < -0.39 is 0 Å². The van der Waals surface area contributed by atoms with Crippen molar-refractivity contribution in [3.8, 4) is 11.8 Å². The zero-order valence-corrected chi connectivity index (χ0v) is 13.0. The van der Waals surface area contributed by atoms with Crippen molar-refractivity contribution in [2.24, 2.45) is 0 Å². The van der Waals surface area contributed by atoms with Crippen molar-refractivity contribution in [3.05, 3.63) is 46.7 Å². The molecule has 1 aromatic carbocycles. The van der Waals surface area contributed by atoms with Gasteiger partial charge in [0, 0.05) is 17.6 Å². The predicted molar refractivity (Wildman–Crippen MR) is 81.8 cm³/mol. The number of halogens is 1. The van der Waals surface area contributed by atoms with Gasteiger partial charge in [0.05, 0.1) is 19.8 Å². The average Bonchev–Trinajstić information content (AvgIpc) is 2.52. The van der Waals surface area contributed by atoms with E-state index in [1.165, 1.54) is 6.33 Å². The van der Waals surface area contributed by atoms with Crippen LogP contribution in [-0.4, -0.2) is 24.2 Å². The molecule has 112 valence electrons. The lowest BCUT2D eigenvalue weighted by atomic mass is 10.1. The summed E-state index contributed by atoms with van der Waals surface area (Å²) < 4.78 is 10.5. The molecule has 2 aromatic rings. The maximum Gasteiger partial charge on any atom is 0.224 e. The standard InChI is InChI=1S/C15H18ClN3O2/c1-10(11-4-6-12(16)7-5-11)17-8-13-14(20-2)18-9-19-15(13)21-3/h4-7,9-10,17H,8H2,1-3H3/t10-/m0/s1. The highest BCUT2D eigenvalue weighted by Crippen LogP contribution is 2.24. The minimum absolute atomic E-state index is 0.150. The molecule has 0 aliphatic heterocycles. The van der Waals surface area contributed by atoms with Gasteiger partial charge in [0.25, 0.3) is 0 Å². The molecule has 1 atom stereocenters. The van der Waals surface area contributed by atoms with Crippen molar-refractivity contribution in [2.75, 3.05) is 14.2 Å². The van der Waals surface area contributed by atoms with E-state index in [1.807, 2.05) is 24.3 Å². The van der Waals surface area contributed by atoms with Crippen LogP contribution in [0.25, 0.3) is 0 Å². The number of ether oxygens (including phenoxy) is 2. The van der Waals surface area contributed by atoms with Crippen molar-refractivity contribution >= 4 is 11.6 Å². The topological polar surface area (TPSA) is 56.3 Å². The molecule has 0 aliphatic carbocycles. The number of hydrogen-bond acceptors (Lipinski definition) is 5. The summed E-state index contributed by atoms with van der Waals surface area (Å²) >= 11 is 5.90. The first-order chi connectivity index (χ1) is 10.2. The van der Waals surface area contributed by atoms with Crippen LogP contribution in [0.15, 0.2) is 30.6 Å². The highest BCUT2D eigenvalue weighted by Gasteiger charge is 2.14.